The van der Waals surface area contributed by atoms with Gasteiger partial charge in [-0.25, -0.2) is 0 Å². The molecule has 1 aliphatic rings. The van der Waals surface area contributed by atoms with Gasteiger partial charge < -0.3 is 20.3 Å². The average Bonchev–Trinajstić information content (AvgIpc) is 2.70. The SMILES string of the molecule is O=C(O)C1CCC(O)(Cn2cc(Br)c([N+](=O)[O-])n2)CC1. The van der Waals surface area contributed by atoms with Gasteiger partial charge in [-0.2, -0.15) is 4.68 Å². The van der Waals surface area contributed by atoms with Gasteiger partial charge in [-0.05, 0) is 46.5 Å². The van der Waals surface area contributed by atoms with Crippen molar-refractivity contribution in [3.8, 4) is 0 Å². The van der Waals surface area contributed by atoms with Gasteiger partial charge in [-0.3, -0.25) is 4.79 Å². The number of aliphatic carboxylic acids is 1. The topological polar surface area (TPSA) is 118 Å². The molecule has 0 aromatic carbocycles. The zero-order valence-electron chi connectivity index (χ0n) is 10.5. The number of nitrogens with zero attached hydrogens (tertiary/aromatic N) is 3. The van der Waals surface area contributed by atoms with Crippen molar-refractivity contribution in [3.63, 3.8) is 0 Å². The molecule has 1 saturated carbocycles. The number of aromatic nitrogens is 2. The first kappa shape index (κ1) is 14.9. The Kier molecular flexibility index (Phi) is 4.09. The Morgan fingerprint density at radius 3 is 2.65 bits per heavy atom. The molecule has 1 heterocycles. The quantitative estimate of drug-likeness (QED) is 0.630. The number of carbonyl (C=O) groups is 1. The smallest absolute Gasteiger partial charge is 0.404 e. The van der Waals surface area contributed by atoms with Crippen LogP contribution in [-0.2, 0) is 11.3 Å². The molecular weight excluding hydrogens is 334 g/mol. The normalized spacial score (nSPS) is 26.4. The van der Waals surface area contributed by atoms with Gasteiger partial charge in [0.15, 0.2) is 0 Å². The summed E-state index contributed by atoms with van der Waals surface area (Å²) in [5.41, 5.74) is -1.06. The van der Waals surface area contributed by atoms with Crippen molar-refractivity contribution in [3.05, 3.63) is 20.8 Å². The fourth-order valence-electron chi connectivity index (χ4n) is 2.45. The average molecular weight is 348 g/mol. The van der Waals surface area contributed by atoms with Crippen LogP contribution in [0.4, 0.5) is 5.82 Å². The molecule has 0 unspecified atom stereocenters. The molecule has 0 amide bonds. The van der Waals surface area contributed by atoms with Crippen molar-refractivity contribution in [2.75, 3.05) is 0 Å². The third-order valence-corrected chi connectivity index (χ3v) is 4.15. The first-order valence-corrected chi connectivity index (χ1v) is 6.92. The van der Waals surface area contributed by atoms with E-state index in [2.05, 4.69) is 21.0 Å². The molecule has 9 heteroatoms. The van der Waals surface area contributed by atoms with Crippen molar-refractivity contribution in [2.24, 2.45) is 5.92 Å². The van der Waals surface area contributed by atoms with Gasteiger partial charge in [0.2, 0.25) is 0 Å². The van der Waals surface area contributed by atoms with Gasteiger partial charge in [-0.1, -0.05) is 0 Å². The summed E-state index contributed by atoms with van der Waals surface area (Å²) in [6, 6.07) is 0. The molecule has 0 spiro atoms. The molecular formula is C11H14BrN3O5. The molecule has 1 fully saturated rings. The number of hydrogen-bond acceptors (Lipinski definition) is 5. The van der Waals surface area contributed by atoms with Gasteiger partial charge in [-0.15, -0.1) is 0 Å². The van der Waals surface area contributed by atoms with Crippen molar-refractivity contribution in [1.29, 1.82) is 0 Å². The second-order valence-electron chi connectivity index (χ2n) is 5.09. The van der Waals surface area contributed by atoms with Crippen molar-refractivity contribution in [2.45, 2.75) is 37.8 Å². The third-order valence-electron chi connectivity index (χ3n) is 3.59. The highest BCUT2D eigenvalue weighted by Crippen LogP contribution is 2.34. The summed E-state index contributed by atoms with van der Waals surface area (Å²) in [6.07, 6.45) is 2.93. The van der Waals surface area contributed by atoms with Gasteiger partial charge in [0, 0.05) is 0 Å². The Morgan fingerprint density at radius 1 is 1.60 bits per heavy atom. The van der Waals surface area contributed by atoms with Crippen LogP contribution in [0.3, 0.4) is 0 Å². The van der Waals surface area contributed by atoms with Crippen molar-refractivity contribution < 1.29 is 19.9 Å². The predicted octanol–water partition coefficient (Wildman–Crippen LogP) is 1.56. The molecule has 110 valence electrons. The van der Waals surface area contributed by atoms with Crippen LogP contribution in [-0.4, -0.2) is 36.5 Å². The minimum atomic E-state index is -1.06. The molecule has 1 aliphatic carbocycles. The highest BCUT2D eigenvalue weighted by atomic mass is 79.9. The minimum absolute atomic E-state index is 0.117. The Balaban J connectivity index is 2.05. The molecule has 20 heavy (non-hydrogen) atoms. The fourth-order valence-corrected chi connectivity index (χ4v) is 2.91. The number of aliphatic hydroxyl groups is 1. The zero-order chi connectivity index (χ0) is 14.9. The van der Waals surface area contributed by atoms with E-state index in [-0.39, 0.29) is 16.8 Å². The first-order chi connectivity index (χ1) is 9.31. The summed E-state index contributed by atoms with van der Waals surface area (Å²) in [7, 11) is 0. The van der Waals surface area contributed by atoms with Crippen LogP contribution in [0, 0.1) is 16.0 Å². The van der Waals surface area contributed by atoms with E-state index in [0.29, 0.717) is 25.7 Å². The van der Waals surface area contributed by atoms with E-state index < -0.39 is 22.4 Å². The highest BCUT2D eigenvalue weighted by molar-refractivity contribution is 9.10. The molecule has 0 saturated heterocycles. The number of carboxylic acids is 1. The van der Waals surface area contributed by atoms with Gasteiger partial charge in [0.1, 0.15) is 4.47 Å². The van der Waals surface area contributed by atoms with Gasteiger partial charge >= 0.3 is 11.8 Å². The standard InChI is InChI=1S/C11H14BrN3O5/c12-8-5-14(13-9(8)15(19)20)6-11(18)3-1-7(2-4-11)10(16)17/h5,7,18H,1-4,6H2,(H,16,17). The molecule has 0 radical (unpaired) electrons. The lowest BCUT2D eigenvalue weighted by molar-refractivity contribution is -0.390. The third kappa shape index (κ3) is 3.15. The zero-order valence-corrected chi connectivity index (χ0v) is 12.1. The van der Waals surface area contributed by atoms with E-state index in [9.17, 15) is 20.0 Å². The number of carboxylic acid groups (broad SMARTS) is 1. The van der Waals surface area contributed by atoms with E-state index in [4.69, 9.17) is 5.11 Å². The van der Waals surface area contributed by atoms with Crippen molar-refractivity contribution >= 4 is 27.7 Å². The maximum Gasteiger partial charge on any atom is 0.404 e. The van der Waals surface area contributed by atoms with Crippen LogP contribution >= 0.6 is 15.9 Å². The molecule has 0 aliphatic heterocycles. The van der Waals surface area contributed by atoms with E-state index in [1.165, 1.54) is 10.9 Å². The maximum atomic E-state index is 10.9. The van der Waals surface area contributed by atoms with Crippen LogP contribution in [0.5, 0.6) is 0 Å². The Hall–Kier alpha value is -1.48. The Bertz CT molecular complexity index is 536. The van der Waals surface area contributed by atoms with Gasteiger partial charge in [0.25, 0.3) is 0 Å². The number of hydrogen-bond donors (Lipinski definition) is 2. The van der Waals surface area contributed by atoms with Gasteiger partial charge in [0.05, 0.1) is 29.4 Å². The highest BCUT2D eigenvalue weighted by Gasteiger charge is 2.37. The van der Waals surface area contributed by atoms with Crippen molar-refractivity contribution in [1.82, 2.24) is 9.78 Å². The fraction of sp³-hybridized carbons (Fsp3) is 0.636. The van der Waals surface area contributed by atoms with Crippen LogP contribution in [0.1, 0.15) is 25.7 Å². The van der Waals surface area contributed by atoms with Crippen LogP contribution in [0.2, 0.25) is 0 Å². The lowest BCUT2D eigenvalue weighted by atomic mass is 9.79. The predicted molar refractivity (Wildman–Crippen MR) is 71.1 cm³/mol. The lowest BCUT2D eigenvalue weighted by Gasteiger charge is -2.33. The van der Waals surface area contributed by atoms with E-state index in [0.717, 1.165) is 0 Å². The number of nitro groups is 1. The van der Waals surface area contributed by atoms with Crippen LogP contribution in [0.15, 0.2) is 10.7 Å². The largest absolute Gasteiger partial charge is 0.481 e. The monoisotopic (exact) mass is 347 g/mol. The summed E-state index contributed by atoms with van der Waals surface area (Å²) in [5, 5.41) is 33.8. The van der Waals surface area contributed by atoms with Crippen LogP contribution in [0.25, 0.3) is 0 Å². The summed E-state index contributed by atoms with van der Waals surface area (Å²) in [4.78, 5) is 21.0. The molecule has 1 aromatic rings. The molecule has 2 N–H and O–H groups in total. The number of rotatable bonds is 4. The summed E-state index contributed by atoms with van der Waals surface area (Å²) in [5.74, 6) is -1.56. The van der Waals surface area contributed by atoms with E-state index in [1.807, 2.05) is 0 Å². The summed E-state index contributed by atoms with van der Waals surface area (Å²) < 4.78 is 1.58. The second kappa shape index (κ2) is 5.49. The summed E-state index contributed by atoms with van der Waals surface area (Å²) >= 11 is 3.04. The lowest BCUT2D eigenvalue weighted by Crippen LogP contribution is -2.39. The second-order valence-corrected chi connectivity index (χ2v) is 5.95. The molecule has 8 nitrogen and oxygen atoms in total. The molecule has 2 rings (SSSR count). The molecule has 0 bridgehead atoms. The van der Waals surface area contributed by atoms with Crippen LogP contribution < -0.4 is 0 Å². The maximum absolute atomic E-state index is 10.9. The Morgan fingerprint density at radius 2 is 2.20 bits per heavy atom. The number of halogens is 1. The molecule has 1 aromatic heterocycles. The first-order valence-electron chi connectivity index (χ1n) is 6.13. The Labute approximate surface area is 122 Å². The summed E-state index contributed by atoms with van der Waals surface area (Å²) in [6.45, 7) is 0.117. The molecule has 0 atom stereocenters. The minimum Gasteiger partial charge on any atom is -0.481 e. The van der Waals surface area contributed by atoms with E-state index >= 15 is 0 Å². The van der Waals surface area contributed by atoms with E-state index in [1.54, 1.807) is 0 Å².